The molecule has 0 aromatic heterocycles. The third kappa shape index (κ3) is 3.99. The molecular weight excluding hydrogens is 242 g/mol. The number of ether oxygens (including phenoxy) is 1. The molecule has 0 radical (unpaired) electrons. The molecule has 2 N–H and O–H groups in total. The summed E-state index contributed by atoms with van der Waals surface area (Å²) in [5.74, 6) is 0.678. The number of sulfonamides is 1. The third-order valence-corrected chi connectivity index (χ3v) is 4.15. The first-order chi connectivity index (χ1) is 7.99. The summed E-state index contributed by atoms with van der Waals surface area (Å²) in [4.78, 5) is 0. The van der Waals surface area contributed by atoms with Gasteiger partial charge < -0.3 is 9.84 Å². The van der Waals surface area contributed by atoms with Gasteiger partial charge >= 0.3 is 0 Å². The van der Waals surface area contributed by atoms with Crippen LogP contribution in [0, 0.1) is 0 Å². The maximum atomic E-state index is 11.6. The molecule has 1 aromatic carbocycles. The van der Waals surface area contributed by atoms with Crippen molar-refractivity contribution in [2.45, 2.75) is 18.7 Å². The Morgan fingerprint density at radius 3 is 2.76 bits per heavy atom. The molecule has 96 valence electrons. The summed E-state index contributed by atoms with van der Waals surface area (Å²) in [5, 5.41) is 8.00. The van der Waals surface area contributed by atoms with Crippen LogP contribution < -0.4 is 9.46 Å². The van der Waals surface area contributed by atoms with Crippen molar-refractivity contribution in [2.24, 2.45) is 0 Å². The van der Waals surface area contributed by atoms with E-state index >= 15 is 0 Å². The van der Waals surface area contributed by atoms with Crippen molar-refractivity contribution in [1.82, 2.24) is 4.72 Å². The molecule has 0 bridgehead atoms. The van der Waals surface area contributed by atoms with Gasteiger partial charge in [-0.3, -0.25) is 0 Å². The highest BCUT2D eigenvalue weighted by Crippen LogP contribution is 2.12. The molecule has 1 aromatic rings. The number of nitrogens with one attached hydrogen (secondary N) is 1. The van der Waals surface area contributed by atoms with Crippen LogP contribution in [0.15, 0.2) is 24.3 Å². The van der Waals surface area contributed by atoms with Gasteiger partial charge in [-0.25, -0.2) is 13.1 Å². The second-order valence-corrected chi connectivity index (χ2v) is 5.89. The molecule has 0 amide bonds. The van der Waals surface area contributed by atoms with Gasteiger partial charge in [-0.15, -0.1) is 0 Å². The molecule has 1 unspecified atom stereocenters. The predicted octanol–water partition coefficient (Wildman–Crippen LogP) is 0.495. The molecule has 0 heterocycles. The number of aliphatic hydroxyl groups is 1. The monoisotopic (exact) mass is 259 g/mol. The van der Waals surface area contributed by atoms with Gasteiger partial charge in [-0.2, -0.15) is 0 Å². The molecule has 1 atom stereocenters. The van der Waals surface area contributed by atoms with Gasteiger partial charge in [0.05, 0.1) is 19.0 Å². The van der Waals surface area contributed by atoms with Crippen LogP contribution >= 0.6 is 0 Å². The van der Waals surface area contributed by atoms with Crippen molar-refractivity contribution < 1.29 is 18.3 Å². The van der Waals surface area contributed by atoms with E-state index in [0.717, 1.165) is 5.56 Å². The Labute approximate surface area is 101 Å². The SMILES string of the molecule is COc1cccc(CNS(=O)(=O)C(C)CO)c1. The average Bonchev–Trinajstić information content (AvgIpc) is 2.35. The second kappa shape index (κ2) is 6.00. The number of benzene rings is 1. The molecular formula is C11H17NO4S. The number of rotatable bonds is 6. The number of hydrogen-bond acceptors (Lipinski definition) is 4. The van der Waals surface area contributed by atoms with E-state index in [1.165, 1.54) is 6.92 Å². The van der Waals surface area contributed by atoms with Gasteiger partial charge in [0.25, 0.3) is 0 Å². The zero-order chi connectivity index (χ0) is 12.9. The van der Waals surface area contributed by atoms with Gasteiger partial charge in [-0.05, 0) is 24.6 Å². The van der Waals surface area contributed by atoms with Gasteiger partial charge in [-0.1, -0.05) is 12.1 Å². The van der Waals surface area contributed by atoms with Gasteiger partial charge in [0.1, 0.15) is 5.75 Å². The Morgan fingerprint density at radius 2 is 2.18 bits per heavy atom. The lowest BCUT2D eigenvalue weighted by atomic mass is 10.2. The van der Waals surface area contributed by atoms with E-state index in [-0.39, 0.29) is 6.54 Å². The lowest BCUT2D eigenvalue weighted by molar-refractivity contribution is 0.294. The van der Waals surface area contributed by atoms with E-state index in [4.69, 9.17) is 9.84 Å². The van der Waals surface area contributed by atoms with Gasteiger partial charge in [0, 0.05) is 6.54 Å². The smallest absolute Gasteiger partial charge is 0.216 e. The largest absolute Gasteiger partial charge is 0.497 e. The zero-order valence-electron chi connectivity index (χ0n) is 9.88. The average molecular weight is 259 g/mol. The standard InChI is InChI=1S/C11H17NO4S/c1-9(8-13)17(14,15)12-7-10-4-3-5-11(6-10)16-2/h3-6,9,12-13H,7-8H2,1-2H3. The maximum Gasteiger partial charge on any atom is 0.216 e. The van der Waals surface area contributed by atoms with Crippen molar-refractivity contribution in [3.05, 3.63) is 29.8 Å². The van der Waals surface area contributed by atoms with E-state index in [0.29, 0.717) is 5.75 Å². The van der Waals surface area contributed by atoms with Crippen LogP contribution in [0.5, 0.6) is 5.75 Å². The van der Waals surface area contributed by atoms with Crippen LogP contribution in [-0.4, -0.2) is 32.5 Å². The third-order valence-electron chi connectivity index (χ3n) is 2.40. The normalized spacial score (nSPS) is 13.4. The first kappa shape index (κ1) is 14.0. The van der Waals surface area contributed by atoms with Crippen LogP contribution in [-0.2, 0) is 16.6 Å². The molecule has 17 heavy (non-hydrogen) atoms. The Morgan fingerprint density at radius 1 is 1.47 bits per heavy atom. The summed E-state index contributed by atoms with van der Waals surface area (Å²) in [6, 6.07) is 7.13. The minimum Gasteiger partial charge on any atom is -0.497 e. The Kier molecular flexibility index (Phi) is 4.92. The Bertz CT molecular complexity index is 458. The highest BCUT2D eigenvalue weighted by Gasteiger charge is 2.18. The summed E-state index contributed by atoms with van der Waals surface area (Å²) in [6.45, 7) is 1.24. The number of methoxy groups -OCH3 is 1. The summed E-state index contributed by atoms with van der Waals surface area (Å²) in [6.07, 6.45) is 0. The van der Waals surface area contributed by atoms with Crippen LogP contribution in [0.2, 0.25) is 0 Å². The minimum atomic E-state index is -3.47. The highest BCUT2D eigenvalue weighted by atomic mass is 32.2. The van der Waals surface area contributed by atoms with E-state index < -0.39 is 21.9 Å². The molecule has 0 aliphatic carbocycles. The molecule has 0 saturated carbocycles. The molecule has 6 heteroatoms. The molecule has 5 nitrogen and oxygen atoms in total. The lowest BCUT2D eigenvalue weighted by Crippen LogP contribution is -2.34. The fourth-order valence-corrected chi connectivity index (χ4v) is 2.06. The molecule has 1 rings (SSSR count). The topological polar surface area (TPSA) is 75.6 Å². The van der Waals surface area contributed by atoms with Crippen molar-refractivity contribution in [3.63, 3.8) is 0 Å². The van der Waals surface area contributed by atoms with Crippen molar-refractivity contribution >= 4 is 10.0 Å². The number of hydrogen-bond donors (Lipinski definition) is 2. The molecule has 0 aliphatic rings. The molecule has 0 spiro atoms. The van der Waals surface area contributed by atoms with E-state index in [2.05, 4.69) is 4.72 Å². The summed E-state index contributed by atoms with van der Waals surface area (Å²) < 4.78 is 30.6. The van der Waals surface area contributed by atoms with Gasteiger partial charge in [0.2, 0.25) is 10.0 Å². The summed E-state index contributed by atoms with van der Waals surface area (Å²) in [7, 11) is -1.92. The first-order valence-electron chi connectivity index (χ1n) is 5.22. The first-order valence-corrected chi connectivity index (χ1v) is 6.76. The number of aliphatic hydroxyl groups excluding tert-OH is 1. The van der Waals surface area contributed by atoms with Crippen LogP contribution in [0.4, 0.5) is 0 Å². The minimum absolute atomic E-state index is 0.184. The van der Waals surface area contributed by atoms with Crippen molar-refractivity contribution in [2.75, 3.05) is 13.7 Å². The Balaban J connectivity index is 2.67. The molecule has 0 fully saturated rings. The fraction of sp³-hybridized carbons (Fsp3) is 0.455. The summed E-state index contributed by atoms with van der Waals surface area (Å²) in [5.41, 5.74) is 0.804. The van der Waals surface area contributed by atoms with Crippen LogP contribution in [0.3, 0.4) is 0 Å². The van der Waals surface area contributed by atoms with Crippen molar-refractivity contribution in [3.8, 4) is 5.75 Å². The Hall–Kier alpha value is -1.11. The molecule has 0 aliphatic heterocycles. The fourth-order valence-electron chi connectivity index (χ4n) is 1.21. The quantitative estimate of drug-likeness (QED) is 0.780. The van der Waals surface area contributed by atoms with E-state index in [9.17, 15) is 8.42 Å². The lowest BCUT2D eigenvalue weighted by Gasteiger charge is -2.11. The van der Waals surface area contributed by atoms with Crippen LogP contribution in [0.1, 0.15) is 12.5 Å². The molecule has 0 saturated heterocycles. The zero-order valence-corrected chi connectivity index (χ0v) is 10.7. The van der Waals surface area contributed by atoms with Crippen molar-refractivity contribution in [1.29, 1.82) is 0 Å². The predicted molar refractivity (Wildman–Crippen MR) is 65.3 cm³/mol. The second-order valence-electron chi connectivity index (χ2n) is 3.71. The van der Waals surface area contributed by atoms with E-state index in [1.54, 1.807) is 31.4 Å². The highest BCUT2D eigenvalue weighted by molar-refractivity contribution is 7.90. The van der Waals surface area contributed by atoms with Crippen LogP contribution in [0.25, 0.3) is 0 Å². The maximum absolute atomic E-state index is 11.6. The van der Waals surface area contributed by atoms with Gasteiger partial charge in [0.15, 0.2) is 0 Å². The summed E-state index contributed by atoms with van der Waals surface area (Å²) >= 11 is 0. The van der Waals surface area contributed by atoms with E-state index in [1.807, 2.05) is 0 Å².